The molecule has 29 heavy (non-hydrogen) atoms. The molecule has 6 nitrogen and oxygen atoms in total. The quantitative estimate of drug-likeness (QED) is 0.741. The molecule has 0 saturated carbocycles. The lowest BCUT2D eigenvalue weighted by molar-refractivity contribution is -0.140. The van der Waals surface area contributed by atoms with Crippen LogP contribution in [-0.4, -0.2) is 66.2 Å². The number of hydrogen-bond donors (Lipinski definition) is 1. The molecule has 2 heterocycles. The lowest BCUT2D eigenvalue weighted by atomic mass is 10.00. The minimum Gasteiger partial charge on any atom is -0.341 e. The van der Waals surface area contributed by atoms with Gasteiger partial charge in [-0.15, -0.1) is 12.4 Å². The molecule has 4 rings (SSSR count). The number of nitrogens with one attached hydrogen (secondary N) is 1. The van der Waals surface area contributed by atoms with Crippen LogP contribution in [0.1, 0.15) is 53.6 Å². The maximum absolute atomic E-state index is 12.7. The molecule has 158 valence electrons. The standard InChI is InChI=1S/C22H29N3O3.ClH/c26-20(18-7-6-16-3-1-4-17(16)13-18)8-9-21(27)24-11-2-5-19(15-24)25-12-10-23-14-22(25)28;/h6-7,13,19,23H,1-5,8-12,14-15H2;1H. The van der Waals surface area contributed by atoms with Gasteiger partial charge < -0.3 is 15.1 Å². The van der Waals surface area contributed by atoms with E-state index < -0.39 is 0 Å². The monoisotopic (exact) mass is 419 g/mol. The fourth-order valence-corrected chi connectivity index (χ4v) is 4.71. The molecule has 1 aliphatic carbocycles. The van der Waals surface area contributed by atoms with Gasteiger partial charge in [-0.2, -0.15) is 0 Å². The fraction of sp³-hybridized carbons (Fsp3) is 0.591. The van der Waals surface area contributed by atoms with E-state index in [1.54, 1.807) is 0 Å². The van der Waals surface area contributed by atoms with E-state index in [4.69, 9.17) is 0 Å². The van der Waals surface area contributed by atoms with Crippen LogP contribution in [0.25, 0.3) is 0 Å². The summed E-state index contributed by atoms with van der Waals surface area (Å²) in [6.07, 6.45) is 5.68. The average Bonchev–Trinajstić information content (AvgIpc) is 3.20. The minimum absolute atomic E-state index is 0. The van der Waals surface area contributed by atoms with Crippen molar-refractivity contribution in [3.05, 3.63) is 34.9 Å². The van der Waals surface area contributed by atoms with Crippen LogP contribution < -0.4 is 5.32 Å². The topological polar surface area (TPSA) is 69.7 Å². The Morgan fingerprint density at radius 3 is 2.72 bits per heavy atom. The van der Waals surface area contributed by atoms with E-state index in [1.165, 1.54) is 11.1 Å². The van der Waals surface area contributed by atoms with Crippen LogP contribution in [0.2, 0.25) is 0 Å². The molecule has 2 saturated heterocycles. The Hall–Kier alpha value is -1.92. The molecule has 2 fully saturated rings. The van der Waals surface area contributed by atoms with E-state index in [-0.39, 0.29) is 48.9 Å². The van der Waals surface area contributed by atoms with E-state index in [0.717, 1.165) is 50.8 Å². The van der Waals surface area contributed by atoms with Gasteiger partial charge in [-0.05, 0) is 49.3 Å². The van der Waals surface area contributed by atoms with Gasteiger partial charge >= 0.3 is 0 Å². The largest absolute Gasteiger partial charge is 0.341 e. The number of fused-ring (bicyclic) bond motifs is 1. The zero-order valence-electron chi connectivity index (χ0n) is 16.8. The number of piperazine rings is 1. The van der Waals surface area contributed by atoms with Gasteiger partial charge in [-0.3, -0.25) is 14.4 Å². The second-order valence-electron chi connectivity index (χ2n) is 8.16. The van der Waals surface area contributed by atoms with Crippen LogP contribution in [0, 0.1) is 0 Å². The molecule has 0 spiro atoms. The molecule has 1 aromatic rings. The summed E-state index contributed by atoms with van der Waals surface area (Å²) in [7, 11) is 0. The van der Waals surface area contributed by atoms with Gasteiger partial charge in [0.2, 0.25) is 11.8 Å². The smallest absolute Gasteiger partial charge is 0.236 e. The van der Waals surface area contributed by atoms with Crippen LogP contribution >= 0.6 is 12.4 Å². The van der Waals surface area contributed by atoms with Crippen molar-refractivity contribution < 1.29 is 14.4 Å². The lowest BCUT2D eigenvalue weighted by Crippen LogP contribution is -2.57. The first-order valence-corrected chi connectivity index (χ1v) is 10.5. The first kappa shape index (κ1) is 21.8. The first-order chi connectivity index (χ1) is 13.6. The summed E-state index contributed by atoms with van der Waals surface area (Å²) in [5, 5.41) is 3.09. The third-order valence-electron chi connectivity index (χ3n) is 6.30. The number of aryl methyl sites for hydroxylation is 2. The predicted octanol–water partition coefficient (Wildman–Crippen LogP) is 1.98. The molecule has 0 bridgehead atoms. The fourth-order valence-electron chi connectivity index (χ4n) is 4.71. The molecule has 0 aromatic heterocycles. The number of piperidine rings is 1. The average molecular weight is 420 g/mol. The zero-order valence-corrected chi connectivity index (χ0v) is 17.6. The normalized spacial score (nSPS) is 21.5. The number of halogens is 1. The van der Waals surface area contributed by atoms with Gasteiger partial charge in [0.1, 0.15) is 0 Å². The summed E-state index contributed by atoms with van der Waals surface area (Å²) in [5.41, 5.74) is 3.38. The van der Waals surface area contributed by atoms with Crippen molar-refractivity contribution in [3.63, 3.8) is 0 Å². The number of Topliss-reactive ketones (excluding diaryl/α,β-unsaturated/α-hetero) is 1. The number of hydrogen-bond acceptors (Lipinski definition) is 4. The van der Waals surface area contributed by atoms with Gasteiger partial charge in [-0.25, -0.2) is 0 Å². The molecular formula is C22H30ClN3O3. The molecule has 7 heteroatoms. The number of nitrogens with zero attached hydrogens (tertiary/aromatic N) is 2. The molecule has 1 atom stereocenters. The van der Waals surface area contributed by atoms with Crippen LogP contribution in [0.3, 0.4) is 0 Å². The molecule has 1 N–H and O–H groups in total. The molecule has 1 unspecified atom stereocenters. The summed E-state index contributed by atoms with van der Waals surface area (Å²) in [6, 6.07) is 6.10. The van der Waals surface area contributed by atoms with E-state index >= 15 is 0 Å². The number of rotatable bonds is 5. The summed E-state index contributed by atoms with van der Waals surface area (Å²) < 4.78 is 0. The van der Waals surface area contributed by atoms with Gasteiger partial charge in [0.15, 0.2) is 5.78 Å². The molecule has 0 radical (unpaired) electrons. The van der Waals surface area contributed by atoms with Crippen molar-refractivity contribution in [3.8, 4) is 0 Å². The predicted molar refractivity (Wildman–Crippen MR) is 113 cm³/mol. The highest BCUT2D eigenvalue weighted by Gasteiger charge is 2.31. The number of likely N-dealkylation sites (tertiary alicyclic amines) is 1. The second kappa shape index (κ2) is 9.72. The van der Waals surface area contributed by atoms with Gasteiger partial charge in [0, 0.05) is 50.6 Å². The summed E-state index contributed by atoms with van der Waals surface area (Å²) in [4.78, 5) is 41.2. The number of benzene rings is 1. The van der Waals surface area contributed by atoms with E-state index in [1.807, 2.05) is 21.9 Å². The number of ketones is 1. The molecule has 2 aliphatic heterocycles. The number of carbonyl (C=O) groups is 3. The first-order valence-electron chi connectivity index (χ1n) is 10.5. The molecule has 3 aliphatic rings. The highest BCUT2D eigenvalue weighted by atomic mass is 35.5. The van der Waals surface area contributed by atoms with Crippen molar-refractivity contribution >= 4 is 30.0 Å². The van der Waals surface area contributed by atoms with Crippen molar-refractivity contribution in [1.82, 2.24) is 15.1 Å². The minimum atomic E-state index is 0. The van der Waals surface area contributed by atoms with Crippen LogP contribution in [-0.2, 0) is 22.4 Å². The van der Waals surface area contributed by atoms with Crippen LogP contribution in [0.15, 0.2) is 18.2 Å². The highest BCUT2D eigenvalue weighted by Crippen LogP contribution is 2.24. The Labute approximate surface area is 178 Å². The summed E-state index contributed by atoms with van der Waals surface area (Å²) in [6.45, 7) is 3.23. The van der Waals surface area contributed by atoms with Crippen molar-refractivity contribution in [2.24, 2.45) is 0 Å². The van der Waals surface area contributed by atoms with Crippen molar-refractivity contribution in [1.29, 1.82) is 0 Å². The van der Waals surface area contributed by atoms with Gasteiger partial charge in [-0.1, -0.05) is 12.1 Å². The van der Waals surface area contributed by atoms with E-state index in [0.29, 0.717) is 19.6 Å². The van der Waals surface area contributed by atoms with E-state index in [2.05, 4.69) is 11.4 Å². The Bertz CT molecular complexity index is 783. The summed E-state index contributed by atoms with van der Waals surface area (Å²) >= 11 is 0. The second-order valence-corrected chi connectivity index (χ2v) is 8.16. The number of amides is 2. The Balaban J connectivity index is 0.00000240. The lowest BCUT2D eigenvalue weighted by Gasteiger charge is -2.41. The van der Waals surface area contributed by atoms with Gasteiger partial charge in [0.25, 0.3) is 0 Å². The maximum Gasteiger partial charge on any atom is 0.236 e. The zero-order chi connectivity index (χ0) is 19.5. The SMILES string of the molecule is Cl.O=C(CCC(=O)N1CCCC(N2CCNCC2=O)C1)c1ccc2c(c1)CCC2. The van der Waals surface area contributed by atoms with Crippen molar-refractivity contribution in [2.45, 2.75) is 51.0 Å². The maximum atomic E-state index is 12.7. The Morgan fingerprint density at radius 1 is 1.07 bits per heavy atom. The number of carbonyl (C=O) groups excluding carboxylic acids is 3. The third kappa shape index (κ3) is 4.98. The van der Waals surface area contributed by atoms with Crippen molar-refractivity contribution in [2.75, 3.05) is 32.7 Å². The summed E-state index contributed by atoms with van der Waals surface area (Å²) in [5.74, 6) is 0.202. The Kier molecular flexibility index (Phi) is 7.30. The van der Waals surface area contributed by atoms with Crippen LogP contribution in [0.4, 0.5) is 0 Å². The van der Waals surface area contributed by atoms with E-state index in [9.17, 15) is 14.4 Å². The van der Waals surface area contributed by atoms with Gasteiger partial charge in [0.05, 0.1) is 6.54 Å². The molecule has 2 amide bonds. The van der Waals surface area contributed by atoms with Crippen LogP contribution in [0.5, 0.6) is 0 Å². The molecule has 1 aromatic carbocycles. The highest BCUT2D eigenvalue weighted by molar-refractivity contribution is 5.98. The Morgan fingerprint density at radius 2 is 1.90 bits per heavy atom. The molecular weight excluding hydrogens is 390 g/mol. The third-order valence-corrected chi connectivity index (χ3v) is 6.30.